The monoisotopic (exact) mass is 354 g/mol. The van der Waals surface area contributed by atoms with Crippen molar-refractivity contribution in [2.24, 2.45) is 5.73 Å². The van der Waals surface area contributed by atoms with Gasteiger partial charge in [0.25, 0.3) is 0 Å². The molecule has 5 heteroatoms. The van der Waals surface area contributed by atoms with E-state index in [1.165, 1.54) is 11.8 Å². The lowest BCUT2D eigenvalue weighted by Gasteiger charge is -2.32. The van der Waals surface area contributed by atoms with Crippen molar-refractivity contribution in [3.8, 4) is 0 Å². The maximum atomic E-state index is 12.5. The maximum Gasteiger partial charge on any atom is 0.231 e. The number of hydrogen-bond acceptors (Lipinski definition) is 4. The van der Waals surface area contributed by atoms with Gasteiger partial charge in [0.2, 0.25) is 5.91 Å². The lowest BCUT2D eigenvalue weighted by molar-refractivity contribution is -0.139. The predicted molar refractivity (Wildman–Crippen MR) is 101 cm³/mol. The number of hydrogen-bond donors (Lipinski definition) is 2. The molecule has 2 atom stereocenters. The van der Waals surface area contributed by atoms with E-state index < -0.39 is 12.3 Å². The second-order valence-electron chi connectivity index (χ2n) is 6.47. The zero-order valence-corrected chi connectivity index (χ0v) is 15.0. The highest BCUT2D eigenvalue weighted by atomic mass is 16.3. The largest absolute Gasteiger partial charge is 0.390 e. The maximum absolute atomic E-state index is 12.5. The Kier molecular flexibility index (Phi) is 7.51. The van der Waals surface area contributed by atoms with Crippen molar-refractivity contribution in [2.75, 3.05) is 0 Å². The summed E-state index contributed by atoms with van der Waals surface area (Å²) in [6, 6.07) is 19.2. The molecule has 138 valence electrons. The van der Waals surface area contributed by atoms with Gasteiger partial charge in [-0.05, 0) is 30.9 Å². The Balaban J connectivity index is 2.06. The third-order valence-corrected chi connectivity index (χ3v) is 4.24. The number of carbonyl (C=O) groups excluding carboxylic acids is 2. The number of benzene rings is 2. The van der Waals surface area contributed by atoms with Gasteiger partial charge < -0.3 is 15.7 Å². The molecule has 0 aromatic heterocycles. The SMILES string of the molecule is CC(=O)CC(=O)N(Cc1ccccc1)C(N)C(O)CCc1ccccc1. The summed E-state index contributed by atoms with van der Waals surface area (Å²) in [5.41, 5.74) is 8.19. The predicted octanol–water partition coefficient (Wildman–Crippen LogP) is 2.27. The molecular weight excluding hydrogens is 328 g/mol. The minimum atomic E-state index is -0.880. The van der Waals surface area contributed by atoms with Gasteiger partial charge in [-0.25, -0.2) is 0 Å². The van der Waals surface area contributed by atoms with Crippen LogP contribution in [0.25, 0.3) is 0 Å². The molecule has 2 rings (SSSR count). The van der Waals surface area contributed by atoms with Gasteiger partial charge in [0, 0.05) is 6.54 Å². The van der Waals surface area contributed by atoms with Gasteiger partial charge in [0.15, 0.2) is 0 Å². The Labute approximate surface area is 154 Å². The van der Waals surface area contributed by atoms with Gasteiger partial charge in [-0.2, -0.15) is 0 Å². The third kappa shape index (κ3) is 6.10. The molecule has 0 saturated carbocycles. The van der Waals surface area contributed by atoms with Crippen LogP contribution in [0.3, 0.4) is 0 Å². The summed E-state index contributed by atoms with van der Waals surface area (Å²) in [4.78, 5) is 25.3. The average molecular weight is 354 g/mol. The molecule has 1 amide bonds. The summed E-state index contributed by atoms with van der Waals surface area (Å²) < 4.78 is 0. The van der Waals surface area contributed by atoms with Crippen LogP contribution in [0.1, 0.15) is 30.9 Å². The Morgan fingerprint density at radius 3 is 2.08 bits per heavy atom. The molecule has 0 fully saturated rings. The first-order valence-corrected chi connectivity index (χ1v) is 8.77. The molecule has 5 nitrogen and oxygen atoms in total. The van der Waals surface area contributed by atoms with Gasteiger partial charge in [0.1, 0.15) is 11.9 Å². The molecule has 2 aromatic rings. The summed E-state index contributed by atoms with van der Waals surface area (Å²) in [5.74, 6) is -0.591. The Morgan fingerprint density at radius 2 is 1.54 bits per heavy atom. The van der Waals surface area contributed by atoms with Crippen molar-refractivity contribution in [2.45, 2.75) is 45.0 Å². The number of nitrogens with zero attached hydrogens (tertiary/aromatic N) is 1. The minimum Gasteiger partial charge on any atom is -0.390 e. The molecule has 0 saturated heterocycles. The van der Waals surface area contributed by atoms with E-state index in [1.807, 2.05) is 60.7 Å². The molecule has 0 aliphatic carbocycles. The Morgan fingerprint density at radius 1 is 1.00 bits per heavy atom. The van der Waals surface area contributed by atoms with Gasteiger partial charge in [0.05, 0.1) is 12.5 Å². The first-order valence-electron chi connectivity index (χ1n) is 8.77. The molecule has 0 radical (unpaired) electrons. The highest BCUT2D eigenvalue weighted by molar-refractivity contribution is 5.96. The summed E-state index contributed by atoms with van der Waals surface area (Å²) in [7, 11) is 0. The van der Waals surface area contributed by atoms with Crippen LogP contribution in [-0.2, 0) is 22.6 Å². The number of Topliss-reactive ketones (excluding diaryl/α,β-unsaturated/α-hetero) is 1. The van der Waals surface area contributed by atoms with Crippen LogP contribution in [0.15, 0.2) is 60.7 Å². The molecule has 0 spiro atoms. The summed E-state index contributed by atoms with van der Waals surface area (Å²) >= 11 is 0. The van der Waals surface area contributed by atoms with Crippen molar-refractivity contribution in [3.63, 3.8) is 0 Å². The van der Waals surface area contributed by atoms with Crippen molar-refractivity contribution in [1.82, 2.24) is 4.90 Å². The molecule has 2 unspecified atom stereocenters. The number of carbonyl (C=O) groups is 2. The first kappa shape index (κ1) is 19.8. The Hall–Kier alpha value is -2.50. The number of rotatable bonds is 9. The highest BCUT2D eigenvalue weighted by Crippen LogP contribution is 2.14. The van der Waals surface area contributed by atoms with Crippen LogP contribution in [0, 0.1) is 0 Å². The van der Waals surface area contributed by atoms with Gasteiger partial charge >= 0.3 is 0 Å². The number of amides is 1. The summed E-state index contributed by atoms with van der Waals surface area (Å²) in [6.45, 7) is 1.63. The third-order valence-electron chi connectivity index (χ3n) is 4.24. The fourth-order valence-electron chi connectivity index (χ4n) is 2.79. The molecule has 3 N–H and O–H groups in total. The molecule has 0 aliphatic rings. The number of aliphatic hydroxyl groups excluding tert-OH is 1. The number of aliphatic hydroxyl groups is 1. The topological polar surface area (TPSA) is 83.6 Å². The highest BCUT2D eigenvalue weighted by Gasteiger charge is 2.27. The van der Waals surface area contributed by atoms with Crippen molar-refractivity contribution in [3.05, 3.63) is 71.8 Å². The van der Waals surface area contributed by atoms with Crippen LogP contribution in [0.5, 0.6) is 0 Å². The lowest BCUT2D eigenvalue weighted by Crippen LogP contribution is -2.52. The fourth-order valence-corrected chi connectivity index (χ4v) is 2.79. The van der Waals surface area contributed by atoms with E-state index in [2.05, 4.69) is 0 Å². The zero-order valence-electron chi connectivity index (χ0n) is 15.0. The number of aryl methyl sites for hydroxylation is 1. The average Bonchev–Trinajstić information content (AvgIpc) is 2.64. The Bertz CT molecular complexity index is 704. The first-order chi connectivity index (χ1) is 12.5. The summed E-state index contributed by atoms with van der Waals surface area (Å²) in [5, 5.41) is 10.5. The number of nitrogens with two attached hydrogens (primary N) is 1. The molecule has 0 bridgehead atoms. The standard InChI is InChI=1S/C21H26N2O3/c1-16(24)14-20(26)23(15-18-10-6-3-7-11-18)21(22)19(25)13-12-17-8-4-2-5-9-17/h2-11,19,21,25H,12-15,22H2,1H3. The smallest absolute Gasteiger partial charge is 0.231 e. The van der Waals surface area contributed by atoms with Crippen LogP contribution < -0.4 is 5.73 Å². The van der Waals surface area contributed by atoms with Gasteiger partial charge in [-0.3, -0.25) is 9.59 Å². The normalized spacial score (nSPS) is 13.0. The van der Waals surface area contributed by atoms with Crippen molar-refractivity contribution >= 4 is 11.7 Å². The van der Waals surface area contributed by atoms with Crippen molar-refractivity contribution in [1.29, 1.82) is 0 Å². The van der Waals surface area contributed by atoms with E-state index in [0.717, 1.165) is 11.1 Å². The van der Waals surface area contributed by atoms with Gasteiger partial charge in [-0.15, -0.1) is 0 Å². The zero-order chi connectivity index (χ0) is 18.9. The molecule has 0 heterocycles. The number of ketones is 1. The molecule has 0 aliphatic heterocycles. The molecule has 26 heavy (non-hydrogen) atoms. The second-order valence-corrected chi connectivity index (χ2v) is 6.47. The van der Waals surface area contributed by atoms with Crippen LogP contribution in [0.2, 0.25) is 0 Å². The quantitative estimate of drug-likeness (QED) is 0.534. The van der Waals surface area contributed by atoms with E-state index >= 15 is 0 Å². The lowest BCUT2D eigenvalue weighted by atomic mass is 10.0. The van der Waals surface area contributed by atoms with E-state index in [4.69, 9.17) is 5.73 Å². The van der Waals surface area contributed by atoms with Crippen LogP contribution >= 0.6 is 0 Å². The molecular formula is C21H26N2O3. The van der Waals surface area contributed by atoms with Crippen LogP contribution in [0.4, 0.5) is 0 Å². The molecule has 2 aromatic carbocycles. The second kappa shape index (κ2) is 9.85. The van der Waals surface area contributed by atoms with E-state index in [-0.39, 0.29) is 24.7 Å². The van der Waals surface area contributed by atoms with E-state index in [1.54, 1.807) is 0 Å². The fraction of sp³-hybridized carbons (Fsp3) is 0.333. The van der Waals surface area contributed by atoms with Crippen LogP contribution in [-0.4, -0.2) is 34.0 Å². The van der Waals surface area contributed by atoms with E-state index in [9.17, 15) is 14.7 Å². The van der Waals surface area contributed by atoms with Gasteiger partial charge in [-0.1, -0.05) is 60.7 Å². The van der Waals surface area contributed by atoms with Crippen molar-refractivity contribution < 1.29 is 14.7 Å². The van der Waals surface area contributed by atoms with E-state index in [0.29, 0.717) is 12.8 Å². The minimum absolute atomic E-state index is 0.216. The summed E-state index contributed by atoms with van der Waals surface area (Å²) in [6.07, 6.45) is -0.869.